The fourth-order valence-corrected chi connectivity index (χ4v) is 5.00. The number of ether oxygens (including phenoxy) is 1. The average molecular weight is 522 g/mol. The monoisotopic (exact) mass is 522 g/mol. The van der Waals surface area contributed by atoms with Gasteiger partial charge >= 0.3 is 12.5 Å². The summed E-state index contributed by atoms with van der Waals surface area (Å²) in [5.41, 5.74) is 5.49. The van der Waals surface area contributed by atoms with Crippen LogP contribution in [0.15, 0.2) is 72.8 Å². The number of nitrogens with zero attached hydrogens (tertiary/aromatic N) is 1. The van der Waals surface area contributed by atoms with Crippen LogP contribution in [0.25, 0.3) is 0 Å². The first-order valence-electron chi connectivity index (χ1n) is 11.5. The van der Waals surface area contributed by atoms with E-state index in [1.54, 1.807) is 35.2 Å². The van der Waals surface area contributed by atoms with E-state index < -0.39 is 47.4 Å². The Kier molecular flexibility index (Phi) is 7.49. The predicted molar refractivity (Wildman–Crippen MR) is 124 cm³/mol. The minimum absolute atomic E-state index is 0.0520. The Balaban J connectivity index is 1.99. The lowest BCUT2D eigenvalue weighted by molar-refractivity contribution is -0.253. The van der Waals surface area contributed by atoms with Crippen molar-refractivity contribution >= 4 is 5.91 Å². The molecule has 4 rings (SSSR count). The van der Waals surface area contributed by atoms with Crippen LogP contribution < -0.4 is 10.5 Å². The van der Waals surface area contributed by atoms with Gasteiger partial charge in [-0.05, 0) is 60.2 Å². The van der Waals surface area contributed by atoms with E-state index in [0.717, 1.165) is 17.7 Å². The molecule has 1 aliphatic rings. The van der Waals surface area contributed by atoms with Crippen molar-refractivity contribution in [3.05, 3.63) is 101 Å². The number of carbonyl (C=O) groups is 1. The molecule has 10 heteroatoms. The Hall–Kier alpha value is -3.53. The molecule has 3 aromatic carbocycles. The van der Waals surface area contributed by atoms with Crippen LogP contribution in [-0.2, 0) is 16.8 Å². The number of halogens is 6. The predicted octanol–water partition coefficient (Wildman–Crippen LogP) is 5.64. The summed E-state index contributed by atoms with van der Waals surface area (Å²) in [4.78, 5) is 14.2. The van der Waals surface area contributed by atoms with Crippen LogP contribution >= 0.6 is 0 Å². The van der Waals surface area contributed by atoms with Gasteiger partial charge in [0.15, 0.2) is 0 Å². The van der Waals surface area contributed by atoms with Crippen molar-refractivity contribution in [1.82, 2.24) is 4.90 Å². The fourth-order valence-electron chi connectivity index (χ4n) is 5.00. The largest absolute Gasteiger partial charge is 0.461 e. The van der Waals surface area contributed by atoms with Gasteiger partial charge in [0.25, 0.3) is 0 Å². The molecule has 37 heavy (non-hydrogen) atoms. The maximum absolute atomic E-state index is 14.9. The van der Waals surface area contributed by atoms with E-state index in [1.807, 2.05) is 0 Å². The number of likely N-dealkylation sites (tertiary alicyclic amines) is 1. The zero-order valence-corrected chi connectivity index (χ0v) is 19.5. The third-order valence-corrected chi connectivity index (χ3v) is 6.55. The highest BCUT2D eigenvalue weighted by Gasteiger charge is 2.48. The quantitative estimate of drug-likeness (QED) is 0.371. The lowest BCUT2D eigenvalue weighted by atomic mass is 9.75. The first-order chi connectivity index (χ1) is 17.5. The van der Waals surface area contributed by atoms with Crippen molar-refractivity contribution in [2.24, 2.45) is 5.73 Å². The molecule has 0 aliphatic carbocycles. The van der Waals surface area contributed by atoms with Gasteiger partial charge in [-0.3, -0.25) is 9.69 Å². The van der Waals surface area contributed by atoms with Gasteiger partial charge < -0.3 is 10.5 Å². The summed E-state index contributed by atoms with van der Waals surface area (Å²) < 4.78 is 86.3. The molecule has 0 radical (unpaired) electrons. The third kappa shape index (κ3) is 5.44. The molecule has 0 spiro atoms. The van der Waals surface area contributed by atoms with Crippen LogP contribution in [0.4, 0.5) is 26.3 Å². The Morgan fingerprint density at radius 1 is 0.973 bits per heavy atom. The van der Waals surface area contributed by atoms with Gasteiger partial charge in [-0.2, -0.15) is 17.6 Å². The Morgan fingerprint density at radius 2 is 1.65 bits per heavy atom. The third-order valence-electron chi connectivity index (χ3n) is 6.55. The van der Waals surface area contributed by atoms with E-state index >= 15 is 0 Å². The highest BCUT2D eigenvalue weighted by Crippen LogP contribution is 2.45. The van der Waals surface area contributed by atoms with Crippen molar-refractivity contribution in [2.45, 2.75) is 43.4 Å². The number of alkyl halides is 4. The fraction of sp³-hybridized carbons (Fsp3) is 0.296. The first-order valence-corrected chi connectivity index (χ1v) is 11.5. The van der Waals surface area contributed by atoms with E-state index in [2.05, 4.69) is 4.74 Å². The maximum Gasteiger partial charge on any atom is 0.461 e. The lowest BCUT2D eigenvalue weighted by Gasteiger charge is -2.46. The number of primary amides is 1. The SMILES string of the molecule is NC(=O)C1CCCN1[C@](Cc1ccccc1)(c1ccc(F)cc1)c1cc(F)cc(OC(F)(F)C(F)F)c1. The molecular weight excluding hydrogens is 498 g/mol. The number of amides is 1. The Bertz CT molecular complexity index is 1240. The summed E-state index contributed by atoms with van der Waals surface area (Å²) in [6, 6.07) is 16.0. The van der Waals surface area contributed by atoms with Crippen LogP contribution in [0.5, 0.6) is 5.75 Å². The van der Waals surface area contributed by atoms with Crippen LogP contribution in [-0.4, -0.2) is 35.9 Å². The molecule has 0 saturated carbocycles. The molecule has 4 nitrogen and oxygen atoms in total. The number of carbonyl (C=O) groups excluding carboxylic acids is 1. The van der Waals surface area contributed by atoms with Crippen molar-refractivity contribution in [3.63, 3.8) is 0 Å². The highest BCUT2D eigenvalue weighted by molar-refractivity contribution is 5.80. The van der Waals surface area contributed by atoms with E-state index in [0.29, 0.717) is 31.0 Å². The zero-order chi connectivity index (χ0) is 26.8. The Labute approximate surface area is 209 Å². The summed E-state index contributed by atoms with van der Waals surface area (Å²) in [5.74, 6) is -3.04. The smallest absolute Gasteiger partial charge is 0.428 e. The minimum atomic E-state index is -4.87. The van der Waals surface area contributed by atoms with Crippen LogP contribution in [0, 0.1) is 11.6 Å². The number of hydrogen-bond acceptors (Lipinski definition) is 3. The molecule has 2 N–H and O–H groups in total. The first kappa shape index (κ1) is 26.5. The average Bonchev–Trinajstić information content (AvgIpc) is 3.34. The molecule has 1 heterocycles. The second-order valence-electron chi connectivity index (χ2n) is 8.92. The second kappa shape index (κ2) is 10.5. The molecule has 3 aromatic rings. The molecule has 1 saturated heterocycles. The molecule has 1 amide bonds. The van der Waals surface area contributed by atoms with Crippen LogP contribution in [0.3, 0.4) is 0 Å². The van der Waals surface area contributed by atoms with E-state index in [4.69, 9.17) is 5.73 Å². The Morgan fingerprint density at radius 3 is 2.27 bits per heavy atom. The summed E-state index contributed by atoms with van der Waals surface area (Å²) in [6.45, 7) is 0.317. The number of rotatable bonds is 9. The molecule has 1 fully saturated rings. The summed E-state index contributed by atoms with van der Waals surface area (Å²) in [7, 11) is 0. The van der Waals surface area contributed by atoms with Gasteiger partial charge in [0.1, 0.15) is 17.4 Å². The summed E-state index contributed by atoms with van der Waals surface area (Å²) in [5, 5.41) is 0. The zero-order valence-electron chi connectivity index (χ0n) is 19.5. The molecule has 0 aromatic heterocycles. The van der Waals surface area contributed by atoms with E-state index in [1.165, 1.54) is 24.3 Å². The van der Waals surface area contributed by atoms with Gasteiger partial charge in [-0.25, -0.2) is 8.78 Å². The number of benzene rings is 3. The molecule has 2 atom stereocenters. The van der Waals surface area contributed by atoms with Gasteiger partial charge in [0.2, 0.25) is 5.91 Å². The maximum atomic E-state index is 14.9. The lowest BCUT2D eigenvalue weighted by Crippen LogP contribution is -2.54. The molecule has 196 valence electrons. The molecule has 1 aliphatic heterocycles. The molecule has 0 bridgehead atoms. The van der Waals surface area contributed by atoms with Crippen molar-refractivity contribution in [3.8, 4) is 5.75 Å². The van der Waals surface area contributed by atoms with Crippen molar-refractivity contribution in [2.75, 3.05) is 6.54 Å². The van der Waals surface area contributed by atoms with Gasteiger partial charge in [-0.1, -0.05) is 42.5 Å². The molecular formula is C27H24F6N2O2. The number of nitrogens with two attached hydrogens (primary N) is 1. The molecule has 1 unspecified atom stereocenters. The van der Waals surface area contributed by atoms with Crippen molar-refractivity contribution in [1.29, 1.82) is 0 Å². The van der Waals surface area contributed by atoms with E-state index in [9.17, 15) is 31.1 Å². The summed E-state index contributed by atoms with van der Waals surface area (Å²) >= 11 is 0. The van der Waals surface area contributed by atoms with Crippen LogP contribution in [0.2, 0.25) is 0 Å². The normalized spacial score (nSPS) is 18.1. The van der Waals surface area contributed by atoms with Crippen LogP contribution in [0.1, 0.15) is 29.5 Å². The minimum Gasteiger partial charge on any atom is -0.428 e. The van der Waals surface area contributed by atoms with Gasteiger partial charge in [0, 0.05) is 12.6 Å². The number of hydrogen-bond donors (Lipinski definition) is 1. The van der Waals surface area contributed by atoms with E-state index in [-0.39, 0.29) is 12.0 Å². The second-order valence-corrected chi connectivity index (χ2v) is 8.92. The van der Waals surface area contributed by atoms with Gasteiger partial charge in [-0.15, -0.1) is 0 Å². The van der Waals surface area contributed by atoms with Gasteiger partial charge in [0.05, 0.1) is 11.6 Å². The highest BCUT2D eigenvalue weighted by atomic mass is 19.3. The standard InChI is InChI=1S/C27H24F6N2O2/c28-20-10-8-18(9-11-20)26(16-17-5-2-1-3-6-17,35-12-4-7-23(35)24(34)36)19-13-21(29)15-22(14-19)37-27(32,33)25(30)31/h1-3,5-6,8-11,13-15,23,25H,4,7,12,16H2,(H2,34,36)/t23?,26-/m1/s1. The summed E-state index contributed by atoms with van der Waals surface area (Å²) in [6.07, 6.45) is -7.99. The topological polar surface area (TPSA) is 55.6 Å². The van der Waals surface area contributed by atoms with Crippen molar-refractivity contribution < 1.29 is 35.9 Å².